The first-order valence-corrected chi connectivity index (χ1v) is 7.89. The predicted octanol–water partition coefficient (Wildman–Crippen LogP) is 5.15. The summed E-state index contributed by atoms with van der Waals surface area (Å²) in [5, 5.41) is 6.07. The highest BCUT2D eigenvalue weighted by Gasteiger charge is 2.15. The van der Waals surface area contributed by atoms with Crippen LogP contribution in [0.3, 0.4) is 0 Å². The summed E-state index contributed by atoms with van der Waals surface area (Å²) in [6.45, 7) is 6.68. The molecule has 0 fully saturated rings. The van der Waals surface area contributed by atoms with Crippen molar-refractivity contribution < 1.29 is 4.79 Å². The van der Waals surface area contributed by atoms with Crippen LogP contribution in [-0.4, -0.2) is 5.91 Å². The Morgan fingerprint density at radius 1 is 1.15 bits per heavy atom. The molecule has 0 aliphatic heterocycles. The third kappa shape index (κ3) is 3.70. The number of thiophene rings is 1. The van der Waals surface area contributed by atoms with Crippen molar-refractivity contribution in [3.8, 4) is 0 Å². The Kier molecular flexibility index (Phi) is 4.96. The molecule has 0 radical (unpaired) electrons. The lowest BCUT2D eigenvalue weighted by Crippen LogP contribution is -2.12. The standard InChI is InChI=1S/C17H21NOS/c1-12(2)11-13(3)15-9-10-20-17(15)18-16(19)14-7-5-4-6-8-14/h4-10,12-13H,11H2,1-3H3,(H,18,19). The molecule has 2 rings (SSSR count). The number of hydrogen-bond acceptors (Lipinski definition) is 2. The Hall–Kier alpha value is -1.61. The second-order valence-corrected chi connectivity index (χ2v) is 6.47. The minimum absolute atomic E-state index is 0.0361. The first-order chi connectivity index (χ1) is 9.58. The minimum Gasteiger partial charge on any atom is -0.313 e. The molecule has 0 aliphatic rings. The maximum absolute atomic E-state index is 12.2. The maximum Gasteiger partial charge on any atom is 0.256 e. The van der Waals surface area contributed by atoms with Crippen molar-refractivity contribution in [2.45, 2.75) is 33.1 Å². The zero-order valence-corrected chi connectivity index (χ0v) is 13.0. The van der Waals surface area contributed by atoms with Crippen LogP contribution in [0.15, 0.2) is 41.8 Å². The number of carbonyl (C=O) groups excluding carboxylic acids is 1. The van der Waals surface area contributed by atoms with Crippen LogP contribution in [0.4, 0.5) is 5.00 Å². The molecule has 2 aromatic rings. The molecule has 1 unspecified atom stereocenters. The molecule has 20 heavy (non-hydrogen) atoms. The minimum atomic E-state index is -0.0361. The second-order valence-electron chi connectivity index (χ2n) is 5.56. The predicted molar refractivity (Wildman–Crippen MR) is 86.6 cm³/mol. The highest BCUT2D eigenvalue weighted by atomic mass is 32.1. The molecule has 0 aliphatic carbocycles. The zero-order chi connectivity index (χ0) is 14.5. The summed E-state index contributed by atoms with van der Waals surface area (Å²) < 4.78 is 0. The topological polar surface area (TPSA) is 29.1 Å². The van der Waals surface area contributed by atoms with Gasteiger partial charge in [0.25, 0.3) is 5.91 Å². The summed E-state index contributed by atoms with van der Waals surface area (Å²) in [7, 11) is 0. The summed E-state index contributed by atoms with van der Waals surface area (Å²) >= 11 is 1.60. The van der Waals surface area contributed by atoms with Crippen molar-refractivity contribution in [2.75, 3.05) is 5.32 Å². The van der Waals surface area contributed by atoms with Gasteiger partial charge in [0.05, 0.1) is 5.00 Å². The third-order valence-corrected chi connectivity index (χ3v) is 4.16. The number of amides is 1. The van der Waals surface area contributed by atoms with Crippen molar-refractivity contribution in [3.63, 3.8) is 0 Å². The quantitative estimate of drug-likeness (QED) is 0.809. The van der Waals surface area contributed by atoms with E-state index in [1.54, 1.807) is 11.3 Å². The monoisotopic (exact) mass is 287 g/mol. The Morgan fingerprint density at radius 3 is 2.50 bits per heavy atom. The molecule has 1 aromatic carbocycles. The van der Waals surface area contributed by atoms with Crippen molar-refractivity contribution in [1.82, 2.24) is 0 Å². The van der Waals surface area contributed by atoms with E-state index in [1.807, 2.05) is 35.7 Å². The molecule has 0 saturated heterocycles. The van der Waals surface area contributed by atoms with Gasteiger partial charge in [-0.05, 0) is 47.4 Å². The highest BCUT2D eigenvalue weighted by molar-refractivity contribution is 7.14. The van der Waals surface area contributed by atoms with Gasteiger partial charge < -0.3 is 5.32 Å². The Morgan fingerprint density at radius 2 is 1.85 bits per heavy atom. The van der Waals surface area contributed by atoms with Crippen LogP contribution < -0.4 is 5.32 Å². The first-order valence-electron chi connectivity index (χ1n) is 7.01. The third-order valence-electron chi connectivity index (χ3n) is 3.31. The van der Waals surface area contributed by atoms with Gasteiger partial charge in [0.15, 0.2) is 0 Å². The van der Waals surface area contributed by atoms with E-state index in [0.717, 1.165) is 11.4 Å². The molecule has 1 N–H and O–H groups in total. The number of hydrogen-bond donors (Lipinski definition) is 1. The van der Waals surface area contributed by atoms with Crippen LogP contribution in [0.2, 0.25) is 0 Å². The lowest BCUT2D eigenvalue weighted by molar-refractivity contribution is 0.102. The van der Waals surface area contributed by atoms with Gasteiger partial charge in [0, 0.05) is 5.56 Å². The summed E-state index contributed by atoms with van der Waals surface area (Å²) in [5.74, 6) is 1.08. The molecule has 3 heteroatoms. The Balaban J connectivity index is 2.11. The van der Waals surface area contributed by atoms with Gasteiger partial charge in [-0.1, -0.05) is 39.0 Å². The van der Waals surface area contributed by atoms with Gasteiger partial charge in [-0.3, -0.25) is 4.79 Å². The van der Waals surface area contributed by atoms with Crippen molar-refractivity contribution >= 4 is 22.2 Å². The number of rotatable bonds is 5. The van der Waals surface area contributed by atoms with Gasteiger partial charge in [-0.2, -0.15) is 0 Å². The van der Waals surface area contributed by atoms with Crippen molar-refractivity contribution in [3.05, 3.63) is 52.9 Å². The molecular weight excluding hydrogens is 266 g/mol. The van der Waals surface area contributed by atoms with Gasteiger partial charge in [0.2, 0.25) is 0 Å². The van der Waals surface area contributed by atoms with Crippen LogP contribution in [0.5, 0.6) is 0 Å². The van der Waals surface area contributed by atoms with E-state index in [9.17, 15) is 4.79 Å². The molecule has 1 heterocycles. The van der Waals surface area contributed by atoms with Gasteiger partial charge >= 0.3 is 0 Å². The van der Waals surface area contributed by atoms with E-state index in [2.05, 4.69) is 32.2 Å². The molecule has 1 amide bonds. The van der Waals surface area contributed by atoms with Gasteiger partial charge in [-0.25, -0.2) is 0 Å². The molecule has 0 spiro atoms. The fourth-order valence-electron chi connectivity index (χ4n) is 2.41. The molecule has 0 saturated carbocycles. The second kappa shape index (κ2) is 6.71. The van der Waals surface area contributed by atoms with Crippen LogP contribution in [0.25, 0.3) is 0 Å². The maximum atomic E-state index is 12.2. The summed E-state index contributed by atoms with van der Waals surface area (Å²) in [6.07, 6.45) is 1.13. The Labute approximate surface area is 124 Å². The zero-order valence-electron chi connectivity index (χ0n) is 12.2. The normalized spacial score (nSPS) is 12.4. The summed E-state index contributed by atoms with van der Waals surface area (Å²) in [5.41, 5.74) is 1.94. The van der Waals surface area contributed by atoms with Gasteiger partial charge in [0.1, 0.15) is 0 Å². The van der Waals surface area contributed by atoms with Crippen LogP contribution >= 0.6 is 11.3 Å². The number of anilines is 1. The number of benzene rings is 1. The lowest BCUT2D eigenvalue weighted by atomic mass is 9.93. The number of nitrogens with one attached hydrogen (secondary N) is 1. The molecule has 1 atom stereocenters. The first kappa shape index (κ1) is 14.8. The number of carbonyl (C=O) groups is 1. The van der Waals surface area contributed by atoms with E-state index in [-0.39, 0.29) is 5.91 Å². The molecule has 0 bridgehead atoms. The lowest BCUT2D eigenvalue weighted by Gasteiger charge is -2.15. The smallest absolute Gasteiger partial charge is 0.256 e. The summed E-state index contributed by atoms with van der Waals surface area (Å²) in [6, 6.07) is 11.5. The van der Waals surface area contributed by atoms with E-state index in [1.165, 1.54) is 5.56 Å². The van der Waals surface area contributed by atoms with Crippen LogP contribution in [0, 0.1) is 5.92 Å². The fraction of sp³-hybridized carbons (Fsp3) is 0.353. The SMILES string of the molecule is CC(C)CC(C)c1ccsc1NC(=O)c1ccccc1. The van der Waals surface area contributed by atoms with Crippen LogP contribution in [0.1, 0.15) is 49.0 Å². The largest absolute Gasteiger partial charge is 0.313 e. The summed E-state index contributed by atoms with van der Waals surface area (Å²) in [4.78, 5) is 12.2. The van der Waals surface area contributed by atoms with E-state index < -0.39 is 0 Å². The average Bonchev–Trinajstić information content (AvgIpc) is 2.87. The van der Waals surface area contributed by atoms with Crippen molar-refractivity contribution in [1.29, 1.82) is 0 Å². The van der Waals surface area contributed by atoms with E-state index in [0.29, 0.717) is 17.4 Å². The highest BCUT2D eigenvalue weighted by Crippen LogP contribution is 2.33. The van der Waals surface area contributed by atoms with E-state index in [4.69, 9.17) is 0 Å². The average molecular weight is 287 g/mol. The Bertz CT molecular complexity index is 559. The van der Waals surface area contributed by atoms with E-state index >= 15 is 0 Å². The van der Waals surface area contributed by atoms with Gasteiger partial charge in [-0.15, -0.1) is 11.3 Å². The molecule has 2 nitrogen and oxygen atoms in total. The molecule has 106 valence electrons. The molecule has 1 aromatic heterocycles. The van der Waals surface area contributed by atoms with Crippen molar-refractivity contribution in [2.24, 2.45) is 5.92 Å². The fourth-order valence-corrected chi connectivity index (χ4v) is 3.32. The molecular formula is C17H21NOS. The van der Waals surface area contributed by atoms with Crippen LogP contribution in [-0.2, 0) is 0 Å².